The highest BCUT2D eigenvalue weighted by Crippen LogP contribution is 2.68. The van der Waals surface area contributed by atoms with Crippen molar-refractivity contribution in [3.8, 4) is 0 Å². The summed E-state index contributed by atoms with van der Waals surface area (Å²) in [6, 6.07) is 0. The van der Waals surface area contributed by atoms with E-state index >= 15 is 0 Å². The topological polar surface area (TPSA) is 37.3 Å². The van der Waals surface area contributed by atoms with Crippen LogP contribution in [-0.2, 0) is 4.79 Å². The fourth-order valence-corrected chi connectivity index (χ4v) is 8.34. The van der Waals surface area contributed by atoms with Crippen LogP contribution in [0.25, 0.3) is 0 Å². The van der Waals surface area contributed by atoms with Crippen molar-refractivity contribution < 1.29 is 9.90 Å². The van der Waals surface area contributed by atoms with Crippen molar-refractivity contribution in [1.82, 2.24) is 0 Å². The van der Waals surface area contributed by atoms with Crippen LogP contribution in [0, 0.1) is 46.3 Å². The number of aliphatic hydroxyl groups is 1. The van der Waals surface area contributed by atoms with Gasteiger partial charge in [-0.05, 0) is 99.2 Å². The molecular formula is C23H36O2. The van der Waals surface area contributed by atoms with Crippen molar-refractivity contribution in [2.24, 2.45) is 46.3 Å². The van der Waals surface area contributed by atoms with Crippen LogP contribution in [0.2, 0.25) is 0 Å². The van der Waals surface area contributed by atoms with Crippen molar-refractivity contribution in [3.05, 3.63) is 12.7 Å². The van der Waals surface area contributed by atoms with Crippen molar-refractivity contribution in [2.45, 2.75) is 78.2 Å². The molecule has 4 aliphatic rings. The normalized spacial score (nSPS) is 55.0. The molecule has 0 aromatic carbocycles. The van der Waals surface area contributed by atoms with Gasteiger partial charge >= 0.3 is 0 Å². The summed E-state index contributed by atoms with van der Waals surface area (Å²) in [5.41, 5.74) is 0.267. The van der Waals surface area contributed by atoms with Crippen LogP contribution in [0.4, 0.5) is 0 Å². The molecule has 0 aliphatic heterocycles. The molecule has 2 nitrogen and oxygen atoms in total. The van der Waals surface area contributed by atoms with E-state index in [-0.39, 0.29) is 11.5 Å². The van der Waals surface area contributed by atoms with Crippen molar-refractivity contribution in [2.75, 3.05) is 0 Å². The lowest BCUT2D eigenvalue weighted by Gasteiger charge is -2.61. The number of allylic oxidation sites excluding steroid dienone is 1. The largest absolute Gasteiger partial charge is 0.393 e. The second-order valence-electron chi connectivity index (χ2n) is 10.2. The Hall–Kier alpha value is -0.630. The highest BCUT2D eigenvalue weighted by Gasteiger charge is 2.63. The number of aliphatic hydroxyl groups excluding tert-OH is 1. The Kier molecular flexibility index (Phi) is 4.22. The monoisotopic (exact) mass is 344 g/mol. The van der Waals surface area contributed by atoms with Gasteiger partial charge in [0.25, 0.3) is 0 Å². The zero-order chi connectivity index (χ0) is 18.0. The smallest absolute Gasteiger partial charge is 0.136 e. The molecular weight excluding hydrogens is 308 g/mol. The lowest BCUT2D eigenvalue weighted by molar-refractivity contribution is -0.156. The molecule has 0 unspecified atom stereocenters. The highest BCUT2D eigenvalue weighted by atomic mass is 16.3. The summed E-state index contributed by atoms with van der Waals surface area (Å²) in [6.07, 6.45) is 11.3. The first-order valence-corrected chi connectivity index (χ1v) is 10.7. The Morgan fingerprint density at radius 1 is 1.16 bits per heavy atom. The predicted molar refractivity (Wildman–Crippen MR) is 101 cm³/mol. The molecule has 4 rings (SSSR count). The fourth-order valence-electron chi connectivity index (χ4n) is 8.34. The number of fused-ring (bicyclic) bond motifs is 5. The maximum Gasteiger partial charge on any atom is 0.136 e. The number of carbonyl (C=O) groups is 1. The van der Waals surface area contributed by atoms with Gasteiger partial charge in [0.05, 0.1) is 6.10 Å². The van der Waals surface area contributed by atoms with Gasteiger partial charge < -0.3 is 5.11 Å². The zero-order valence-corrected chi connectivity index (χ0v) is 16.3. The Morgan fingerprint density at radius 3 is 2.60 bits per heavy atom. The summed E-state index contributed by atoms with van der Waals surface area (Å²) in [5, 5.41) is 10.4. The number of Topliss-reactive ketones (excluding diaryl/α,β-unsaturated/α-hetero) is 1. The summed E-state index contributed by atoms with van der Waals surface area (Å²) in [7, 11) is 0. The molecule has 25 heavy (non-hydrogen) atoms. The van der Waals surface area contributed by atoms with E-state index in [4.69, 9.17) is 0 Å². The van der Waals surface area contributed by atoms with Crippen LogP contribution in [0.5, 0.6) is 0 Å². The maximum absolute atomic E-state index is 12.8. The van der Waals surface area contributed by atoms with E-state index in [9.17, 15) is 9.90 Å². The van der Waals surface area contributed by atoms with Gasteiger partial charge in [0.15, 0.2) is 0 Å². The molecule has 140 valence electrons. The van der Waals surface area contributed by atoms with Gasteiger partial charge in [-0.3, -0.25) is 4.79 Å². The van der Waals surface area contributed by atoms with Gasteiger partial charge in [-0.2, -0.15) is 0 Å². The Morgan fingerprint density at radius 2 is 1.92 bits per heavy atom. The van der Waals surface area contributed by atoms with Crippen molar-refractivity contribution in [3.63, 3.8) is 0 Å². The fraction of sp³-hybridized carbons (Fsp3) is 0.870. The number of carbonyl (C=O) groups excluding carboxylic acids is 1. The standard InChI is InChI=1S/C23H36O2/c1-5-16-7-9-20-18-8-6-17-12-21(25)14(2)13-22(17,4)19(18)10-11-23(16,20)15(3)24/h5,14,16-21,25H,1,6-13H2,2-4H3/t14-,16-,17-,18+,19-,20-,21-,22-,23-/m0/s1. The highest BCUT2D eigenvalue weighted by molar-refractivity contribution is 5.84. The maximum atomic E-state index is 12.8. The molecule has 0 amide bonds. The molecule has 9 atom stereocenters. The molecule has 4 aliphatic carbocycles. The molecule has 0 aromatic rings. The van der Waals surface area contributed by atoms with E-state index in [1.54, 1.807) is 0 Å². The first kappa shape index (κ1) is 17.8. The van der Waals surface area contributed by atoms with Crippen molar-refractivity contribution in [1.29, 1.82) is 0 Å². The van der Waals surface area contributed by atoms with Gasteiger partial charge in [0, 0.05) is 5.41 Å². The summed E-state index contributed by atoms with van der Waals surface area (Å²) >= 11 is 0. The Bertz CT molecular complexity index is 568. The molecule has 2 heteroatoms. The number of rotatable bonds is 2. The summed E-state index contributed by atoms with van der Waals surface area (Å²) in [4.78, 5) is 12.8. The SMILES string of the molecule is C=C[C@H]1CC[C@H]2[C@@H]3CC[C@H]4C[C@H](O)[C@@H](C)C[C@]4(C)[C@H]3CC[C@]12C(C)=O. The molecule has 0 saturated heterocycles. The van der Waals surface area contributed by atoms with E-state index in [1.165, 1.54) is 32.1 Å². The number of hydrogen-bond acceptors (Lipinski definition) is 2. The minimum absolute atomic E-state index is 0.105. The van der Waals surface area contributed by atoms with Crippen LogP contribution < -0.4 is 0 Å². The third-order valence-corrected chi connectivity index (χ3v) is 9.53. The molecule has 0 heterocycles. The molecule has 4 saturated carbocycles. The van der Waals surface area contributed by atoms with E-state index in [0.29, 0.717) is 40.8 Å². The number of hydrogen-bond donors (Lipinski definition) is 1. The van der Waals surface area contributed by atoms with Crippen molar-refractivity contribution >= 4 is 5.78 Å². The van der Waals surface area contributed by atoms with E-state index in [2.05, 4.69) is 26.5 Å². The molecule has 0 radical (unpaired) electrons. The third-order valence-electron chi connectivity index (χ3n) is 9.53. The van der Waals surface area contributed by atoms with Crippen LogP contribution in [0.1, 0.15) is 72.1 Å². The number of ketones is 1. The van der Waals surface area contributed by atoms with Crippen LogP contribution in [0.3, 0.4) is 0 Å². The Balaban J connectivity index is 1.67. The molecule has 1 N–H and O–H groups in total. The molecule has 0 spiro atoms. The predicted octanol–water partition coefficient (Wildman–Crippen LogP) is 5.01. The molecule has 0 bridgehead atoms. The van der Waals surface area contributed by atoms with Gasteiger partial charge in [-0.25, -0.2) is 0 Å². The minimum Gasteiger partial charge on any atom is -0.393 e. The summed E-state index contributed by atoms with van der Waals surface area (Å²) in [5.74, 6) is 3.97. The second kappa shape index (κ2) is 5.94. The first-order chi connectivity index (χ1) is 11.8. The third kappa shape index (κ3) is 2.28. The van der Waals surface area contributed by atoms with Crippen LogP contribution in [-0.4, -0.2) is 17.0 Å². The lowest BCUT2D eigenvalue weighted by atomic mass is 9.43. The summed E-state index contributed by atoms with van der Waals surface area (Å²) < 4.78 is 0. The van der Waals surface area contributed by atoms with E-state index in [1.807, 2.05) is 6.92 Å². The van der Waals surface area contributed by atoms with Gasteiger partial charge in [-0.1, -0.05) is 19.9 Å². The zero-order valence-electron chi connectivity index (χ0n) is 16.3. The minimum atomic E-state index is -0.105. The van der Waals surface area contributed by atoms with Gasteiger partial charge in [0.2, 0.25) is 0 Å². The van der Waals surface area contributed by atoms with Gasteiger partial charge in [0.1, 0.15) is 5.78 Å². The van der Waals surface area contributed by atoms with Gasteiger partial charge in [-0.15, -0.1) is 6.58 Å². The first-order valence-electron chi connectivity index (χ1n) is 10.7. The average molecular weight is 345 g/mol. The van der Waals surface area contributed by atoms with Crippen LogP contribution >= 0.6 is 0 Å². The summed E-state index contributed by atoms with van der Waals surface area (Å²) in [6.45, 7) is 10.7. The van der Waals surface area contributed by atoms with E-state index in [0.717, 1.165) is 25.2 Å². The Labute approximate surface area is 153 Å². The van der Waals surface area contributed by atoms with Crippen LogP contribution in [0.15, 0.2) is 12.7 Å². The molecule has 0 aromatic heterocycles. The van der Waals surface area contributed by atoms with E-state index < -0.39 is 0 Å². The second-order valence-corrected chi connectivity index (χ2v) is 10.2. The quantitative estimate of drug-likeness (QED) is 0.715. The average Bonchev–Trinajstić information content (AvgIpc) is 2.96. The lowest BCUT2D eigenvalue weighted by Crippen LogP contribution is -2.57. The molecule has 4 fully saturated rings.